The molecule has 0 saturated heterocycles. The molecule has 0 bridgehead atoms. The van der Waals surface area contributed by atoms with Crippen LogP contribution in [-0.2, 0) is 6.54 Å². The van der Waals surface area contributed by atoms with E-state index < -0.39 is 0 Å². The Labute approximate surface area is 165 Å². The standard InChI is InChI=1S/C21H16N6O2/c1-29-18-5-3-2-4-15(18)13-26-11-8-17-16(20(26)28)12-23-21-24-19(25-27(17)21)14-6-9-22-10-7-14/h2-12H,13H2,1H3. The van der Waals surface area contributed by atoms with Crippen LogP contribution in [0.5, 0.6) is 5.75 Å². The Kier molecular flexibility index (Phi) is 4.02. The molecule has 0 N–H and O–H groups in total. The minimum atomic E-state index is -0.149. The van der Waals surface area contributed by atoms with Gasteiger partial charge in [-0.05, 0) is 24.3 Å². The zero-order valence-corrected chi connectivity index (χ0v) is 15.6. The topological polar surface area (TPSA) is 87.2 Å². The first-order valence-electron chi connectivity index (χ1n) is 9.02. The first-order valence-corrected chi connectivity index (χ1v) is 9.02. The smallest absolute Gasteiger partial charge is 0.261 e. The SMILES string of the molecule is COc1ccccc1Cn1ccc2c(cnc3nc(-c4ccncc4)nn32)c1=O. The third-order valence-electron chi connectivity index (χ3n) is 4.78. The molecule has 0 atom stereocenters. The summed E-state index contributed by atoms with van der Waals surface area (Å²) in [4.78, 5) is 25.9. The van der Waals surface area contributed by atoms with Crippen molar-refractivity contribution in [2.45, 2.75) is 6.54 Å². The second kappa shape index (κ2) is 6.83. The van der Waals surface area contributed by atoms with Crippen molar-refractivity contribution < 1.29 is 4.74 Å². The highest BCUT2D eigenvalue weighted by atomic mass is 16.5. The van der Waals surface area contributed by atoms with E-state index in [1.54, 1.807) is 41.0 Å². The number of hydrogen-bond donors (Lipinski definition) is 0. The maximum absolute atomic E-state index is 13.1. The Morgan fingerprint density at radius 2 is 1.90 bits per heavy atom. The molecule has 0 spiro atoms. The van der Waals surface area contributed by atoms with Crippen LogP contribution >= 0.6 is 0 Å². The minimum Gasteiger partial charge on any atom is -0.496 e. The number of aromatic nitrogens is 6. The monoisotopic (exact) mass is 384 g/mol. The van der Waals surface area contributed by atoms with Gasteiger partial charge in [0.15, 0.2) is 5.82 Å². The molecular weight excluding hydrogens is 368 g/mol. The average molecular weight is 384 g/mol. The molecule has 0 amide bonds. The van der Waals surface area contributed by atoms with Gasteiger partial charge in [-0.3, -0.25) is 9.78 Å². The number of para-hydroxylation sites is 1. The molecule has 0 aliphatic heterocycles. The number of nitrogens with zero attached hydrogens (tertiary/aromatic N) is 6. The molecule has 0 aliphatic carbocycles. The first kappa shape index (κ1) is 17.1. The van der Waals surface area contributed by atoms with E-state index in [1.807, 2.05) is 42.5 Å². The molecular formula is C21H16N6O2. The molecule has 8 nitrogen and oxygen atoms in total. The van der Waals surface area contributed by atoms with E-state index in [2.05, 4.69) is 20.1 Å². The number of rotatable bonds is 4. The van der Waals surface area contributed by atoms with Gasteiger partial charge in [0.2, 0.25) is 0 Å². The van der Waals surface area contributed by atoms with Gasteiger partial charge in [0.1, 0.15) is 5.75 Å². The van der Waals surface area contributed by atoms with Crippen molar-refractivity contribution in [3.05, 3.63) is 83.2 Å². The maximum atomic E-state index is 13.1. The lowest BCUT2D eigenvalue weighted by Crippen LogP contribution is -2.21. The van der Waals surface area contributed by atoms with Gasteiger partial charge in [-0.15, -0.1) is 5.10 Å². The van der Waals surface area contributed by atoms with Crippen molar-refractivity contribution in [3.63, 3.8) is 0 Å². The lowest BCUT2D eigenvalue weighted by Gasteiger charge is -2.11. The molecule has 4 heterocycles. The molecule has 4 aromatic heterocycles. The lowest BCUT2D eigenvalue weighted by atomic mass is 10.2. The predicted molar refractivity (Wildman–Crippen MR) is 108 cm³/mol. The summed E-state index contributed by atoms with van der Waals surface area (Å²) in [5, 5.41) is 5.01. The van der Waals surface area contributed by atoms with Crippen molar-refractivity contribution in [3.8, 4) is 17.1 Å². The second-order valence-corrected chi connectivity index (χ2v) is 6.50. The Morgan fingerprint density at radius 3 is 2.72 bits per heavy atom. The van der Waals surface area contributed by atoms with Gasteiger partial charge in [0.05, 0.1) is 24.6 Å². The number of fused-ring (bicyclic) bond motifs is 3. The van der Waals surface area contributed by atoms with Crippen LogP contribution in [0.15, 0.2) is 72.0 Å². The fourth-order valence-electron chi connectivity index (χ4n) is 3.32. The van der Waals surface area contributed by atoms with Gasteiger partial charge in [0, 0.05) is 35.9 Å². The van der Waals surface area contributed by atoms with Crippen LogP contribution in [0.2, 0.25) is 0 Å². The highest BCUT2D eigenvalue weighted by molar-refractivity contribution is 5.79. The van der Waals surface area contributed by atoms with E-state index in [-0.39, 0.29) is 5.56 Å². The molecule has 142 valence electrons. The Bertz CT molecular complexity index is 1390. The van der Waals surface area contributed by atoms with E-state index >= 15 is 0 Å². The largest absolute Gasteiger partial charge is 0.496 e. The van der Waals surface area contributed by atoms with Crippen molar-refractivity contribution in [1.82, 2.24) is 29.1 Å². The van der Waals surface area contributed by atoms with E-state index in [0.29, 0.717) is 29.0 Å². The average Bonchev–Trinajstić information content (AvgIpc) is 3.21. The summed E-state index contributed by atoms with van der Waals surface area (Å²) in [6.07, 6.45) is 6.67. The predicted octanol–water partition coefficient (Wildman–Crippen LogP) is 2.56. The molecule has 0 radical (unpaired) electrons. The van der Waals surface area contributed by atoms with Crippen LogP contribution in [0.25, 0.3) is 28.1 Å². The third kappa shape index (κ3) is 2.91. The Balaban J connectivity index is 1.62. The van der Waals surface area contributed by atoms with Gasteiger partial charge in [0.25, 0.3) is 11.3 Å². The first-order chi connectivity index (χ1) is 14.2. The van der Waals surface area contributed by atoms with Crippen LogP contribution in [0.4, 0.5) is 0 Å². The summed E-state index contributed by atoms with van der Waals surface area (Å²) in [7, 11) is 1.62. The van der Waals surface area contributed by atoms with Gasteiger partial charge in [-0.25, -0.2) is 4.98 Å². The summed E-state index contributed by atoms with van der Waals surface area (Å²) in [5.41, 5.74) is 2.27. The van der Waals surface area contributed by atoms with E-state index in [1.165, 1.54) is 0 Å². The second-order valence-electron chi connectivity index (χ2n) is 6.50. The maximum Gasteiger partial charge on any atom is 0.261 e. The zero-order chi connectivity index (χ0) is 19.8. The summed E-state index contributed by atoms with van der Waals surface area (Å²) < 4.78 is 8.62. The molecule has 0 saturated carbocycles. The van der Waals surface area contributed by atoms with Crippen LogP contribution in [-0.4, -0.2) is 36.2 Å². The normalized spacial score (nSPS) is 11.2. The molecule has 29 heavy (non-hydrogen) atoms. The molecule has 5 aromatic rings. The molecule has 5 rings (SSSR count). The van der Waals surface area contributed by atoms with Crippen molar-refractivity contribution in [1.29, 1.82) is 0 Å². The van der Waals surface area contributed by atoms with Crippen molar-refractivity contribution in [2.75, 3.05) is 7.11 Å². The van der Waals surface area contributed by atoms with Gasteiger partial charge >= 0.3 is 0 Å². The van der Waals surface area contributed by atoms with Crippen molar-refractivity contribution in [2.24, 2.45) is 0 Å². The molecule has 1 aromatic carbocycles. The number of methoxy groups -OCH3 is 1. The molecule has 0 fully saturated rings. The zero-order valence-electron chi connectivity index (χ0n) is 15.6. The highest BCUT2D eigenvalue weighted by Crippen LogP contribution is 2.20. The quantitative estimate of drug-likeness (QED) is 0.473. The van der Waals surface area contributed by atoms with E-state index in [0.717, 1.165) is 16.9 Å². The Morgan fingerprint density at radius 1 is 1.07 bits per heavy atom. The van der Waals surface area contributed by atoms with Gasteiger partial charge in [-0.2, -0.15) is 9.50 Å². The summed E-state index contributed by atoms with van der Waals surface area (Å²) in [5.74, 6) is 1.71. The third-order valence-corrected chi connectivity index (χ3v) is 4.78. The summed E-state index contributed by atoms with van der Waals surface area (Å²) >= 11 is 0. The van der Waals surface area contributed by atoms with Crippen molar-refractivity contribution >= 4 is 16.7 Å². The summed E-state index contributed by atoms with van der Waals surface area (Å²) in [6, 6.07) is 13.2. The van der Waals surface area contributed by atoms with E-state index in [9.17, 15) is 4.79 Å². The number of ether oxygens (including phenoxy) is 1. The Hall–Kier alpha value is -4.07. The van der Waals surface area contributed by atoms with Crippen LogP contribution < -0.4 is 10.3 Å². The number of benzene rings is 1. The van der Waals surface area contributed by atoms with Gasteiger partial charge in [-0.1, -0.05) is 18.2 Å². The number of pyridine rings is 2. The fraction of sp³-hybridized carbons (Fsp3) is 0.0952. The number of hydrogen-bond acceptors (Lipinski definition) is 6. The van der Waals surface area contributed by atoms with E-state index in [4.69, 9.17) is 4.74 Å². The minimum absolute atomic E-state index is 0.149. The molecule has 0 unspecified atom stereocenters. The molecule has 0 aliphatic rings. The summed E-state index contributed by atoms with van der Waals surface area (Å²) in [6.45, 7) is 0.399. The fourth-order valence-corrected chi connectivity index (χ4v) is 3.32. The van der Waals surface area contributed by atoms with Crippen LogP contribution in [0.1, 0.15) is 5.56 Å². The van der Waals surface area contributed by atoms with Crippen LogP contribution in [0, 0.1) is 0 Å². The highest BCUT2D eigenvalue weighted by Gasteiger charge is 2.13. The van der Waals surface area contributed by atoms with Crippen LogP contribution in [0.3, 0.4) is 0 Å². The molecule has 8 heteroatoms. The lowest BCUT2D eigenvalue weighted by molar-refractivity contribution is 0.408. The van der Waals surface area contributed by atoms with Gasteiger partial charge < -0.3 is 9.30 Å².